The molecule has 122 valence electrons. The number of aromatic carboxylic acids is 1. The summed E-state index contributed by atoms with van der Waals surface area (Å²) < 4.78 is 38.9. The zero-order valence-electron chi connectivity index (χ0n) is 10.8. The first-order valence-corrected chi connectivity index (χ1v) is 6.44. The maximum Gasteiger partial charge on any atom is 0.417 e. The first-order chi connectivity index (χ1) is 10.5. The highest BCUT2D eigenvalue weighted by Gasteiger charge is 2.34. The van der Waals surface area contributed by atoms with Crippen LogP contribution >= 0.6 is 23.2 Å². The van der Waals surface area contributed by atoms with Crippen LogP contribution in [0.25, 0.3) is 5.69 Å². The molecule has 0 amide bonds. The molecule has 0 aliphatic rings. The summed E-state index contributed by atoms with van der Waals surface area (Å²) in [4.78, 5) is 21.1. The fourth-order valence-corrected chi connectivity index (χ4v) is 2.51. The molecule has 1 aromatic heterocycles. The van der Waals surface area contributed by atoms with Gasteiger partial charge in [-0.15, -0.1) is 0 Å². The number of nitro benzene ring substituents is 1. The summed E-state index contributed by atoms with van der Waals surface area (Å²) >= 11 is 11.7. The molecule has 0 saturated heterocycles. The number of alkyl halides is 3. The lowest BCUT2D eigenvalue weighted by Crippen LogP contribution is -2.07. The molecular formula is C12H5Cl2F3N2O4. The van der Waals surface area contributed by atoms with E-state index in [4.69, 9.17) is 28.3 Å². The van der Waals surface area contributed by atoms with E-state index >= 15 is 0 Å². The van der Waals surface area contributed by atoms with Crippen molar-refractivity contribution in [1.82, 2.24) is 4.57 Å². The number of carboxylic acid groups (broad SMARTS) is 1. The van der Waals surface area contributed by atoms with Gasteiger partial charge in [-0.25, -0.2) is 4.79 Å². The van der Waals surface area contributed by atoms with Crippen LogP contribution in [0.5, 0.6) is 0 Å². The lowest BCUT2D eigenvalue weighted by molar-refractivity contribution is -0.384. The van der Waals surface area contributed by atoms with Gasteiger partial charge in [-0.2, -0.15) is 13.2 Å². The Hall–Kier alpha value is -2.26. The Morgan fingerprint density at radius 2 is 1.74 bits per heavy atom. The van der Waals surface area contributed by atoms with Crippen LogP contribution in [0.3, 0.4) is 0 Å². The van der Waals surface area contributed by atoms with E-state index in [1.807, 2.05) is 0 Å². The van der Waals surface area contributed by atoms with Crippen LogP contribution in [0, 0.1) is 10.1 Å². The number of non-ortho nitro benzene ring substituents is 1. The number of carbonyl (C=O) groups is 1. The van der Waals surface area contributed by atoms with Crippen LogP contribution in [-0.2, 0) is 6.18 Å². The van der Waals surface area contributed by atoms with Crippen LogP contribution in [-0.4, -0.2) is 20.6 Å². The standard InChI is InChI=1S/C12H5Cl2F3N2O4/c13-7-2-6(19(22)23)3-8(14)10(7)18-4-5(12(15,16)17)1-9(18)11(20)21/h1-4H,(H,20,21). The molecule has 0 aliphatic heterocycles. The van der Waals surface area contributed by atoms with E-state index in [9.17, 15) is 28.1 Å². The van der Waals surface area contributed by atoms with Crippen LogP contribution in [0.2, 0.25) is 10.0 Å². The van der Waals surface area contributed by atoms with Crippen molar-refractivity contribution >= 4 is 34.9 Å². The second-order valence-electron chi connectivity index (χ2n) is 4.30. The maximum absolute atomic E-state index is 12.8. The van der Waals surface area contributed by atoms with Gasteiger partial charge in [-0.1, -0.05) is 23.2 Å². The molecule has 2 aromatic rings. The second kappa shape index (κ2) is 5.74. The third kappa shape index (κ3) is 3.25. The van der Waals surface area contributed by atoms with Crippen molar-refractivity contribution < 1.29 is 28.0 Å². The van der Waals surface area contributed by atoms with Crippen molar-refractivity contribution in [2.75, 3.05) is 0 Å². The summed E-state index contributed by atoms with van der Waals surface area (Å²) in [5, 5.41) is 19.0. The van der Waals surface area contributed by atoms with Gasteiger partial charge < -0.3 is 9.67 Å². The molecule has 0 bridgehead atoms. The minimum absolute atomic E-state index is 0.299. The molecular weight excluding hydrogens is 364 g/mol. The number of halogens is 5. The Morgan fingerprint density at radius 1 is 1.22 bits per heavy atom. The van der Waals surface area contributed by atoms with E-state index in [2.05, 4.69) is 0 Å². The van der Waals surface area contributed by atoms with Gasteiger partial charge >= 0.3 is 12.1 Å². The summed E-state index contributed by atoms with van der Waals surface area (Å²) in [7, 11) is 0. The molecule has 0 aliphatic carbocycles. The van der Waals surface area contributed by atoms with Gasteiger partial charge in [0, 0.05) is 18.3 Å². The topological polar surface area (TPSA) is 85.4 Å². The van der Waals surface area contributed by atoms with Crippen LogP contribution in [0.15, 0.2) is 24.4 Å². The van der Waals surface area contributed by atoms with E-state index < -0.39 is 34.0 Å². The van der Waals surface area contributed by atoms with E-state index in [1.165, 1.54) is 0 Å². The van der Waals surface area contributed by atoms with Gasteiger partial charge in [0.15, 0.2) is 0 Å². The molecule has 0 fully saturated rings. The van der Waals surface area contributed by atoms with Crippen molar-refractivity contribution in [2.45, 2.75) is 6.18 Å². The number of hydrogen-bond acceptors (Lipinski definition) is 3. The average Bonchev–Trinajstić information content (AvgIpc) is 2.82. The summed E-state index contributed by atoms with van der Waals surface area (Å²) in [6.45, 7) is 0. The zero-order valence-corrected chi connectivity index (χ0v) is 12.3. The Morgan fingerprint density at radius 3 is 2.13 bits per heavy atom. The Bertz CT molecular complexity index is 794. The number of nitrogens with zero attached hydrogens (tertiary/aromatic N) is 2. The Balaban J connectivity index is 2.74. The predicted octanol–water partition coefficient (Wildman–Crippen LogP) is 4.41. The molecule has 6 nitrogen and oxygen atoms in total. The third-order valence-corrected chi connectivity index (χ3v) is 3.40. The number of benzene rings is 1. The van der Waals surface area contributed by atoms with E-state index in [-0.39, 0.29) is 15.7 Å². The quantitative estimate of drug-likeness (QED) is 0.642. The maximum atomic E-state index is 12.8. The molecule has 0 spiro atoms. The highest BCUT2D eigenvalue weighted by molar-refractivity contribution is 6.38. The molecule has 1 aromatic carbocycles. The molecule has 0 radical (unpaired) electrons. The lowest BCUT2D eigenvalue weighted by Gasteiger charge is -2.10. The fourth-order valence-electron chi connectivity index (χ4n) is 1.86. The largest absolute Gasteiger partial charge is 0.477 e. The summed E-state index contributed by atoms with van der Waals surface area (Å²) in [6.07, 6.45) is -4.28. The van der Waals surface area contributed by atoms with Crippen LogP contribution in [0.1, 0.15) is 16.1 Å². The van der Waals surface area contributed by atoms with E-state index in [0.29, 0.717) is 16.8 Å². The second-order valence-corrected chi connectivity index (χ2v) is 5.12. The van der Waals surface area contributed by atoms with Crippen molar-refractivity contribution in [1.29, 1.82) is 0 Å². The highest BCUT2D eigenvalue weighted by Crippen LogP contribution is 2.37. The van der Waals surface area contributed by atoms with Gasteiger partial charge in [0.1, 0.15) is 5.69 Å². The predicted molar refractivity (Wildman–Crippen MR) is 74.4 cm³/mol. The number of rotatable bonds is 3. The summed E-state index contributed by atoms with van der Waals surface area (Å²) in [5.74, 6) is -1.65. The normalized spacial score (nSPS) is 11.5. The minimum atomic E-state index is -4.78. The zero-order chi connectivity index (χ0) is 17.5. The van der Waals surface area contributed by atoms with Gasteiger partial charge in [0.25, 0.3) is 5.69 Å². The number of hydrogen-bond donors (Lipinski definition) is 1. The van der Waals surface area contributed by atoms with E-state index in [1.54, 1.807) is 0 Å². The van der Waals surface area contributed by atoms with Gasteiger partial charge in [-0.05, 0) is 6.07 Å². The first kappa shape index (κ1) is 17.1. The number of aromatic nitrogens is 1. The molecule has 0 atom stereocenters. The first-order valence-electron chi connectivity index (χ1n) is 5.69. The molecule has 1 heterocycles. The van der Waals surface area contributed by atoms with Gasteiger partial charge in [-0.3, -0.25) is 10.1 Å². The fraction of sp³-hybridized carbons (Fsp3) is 0.0833. The van der Waals surface area contributed by atoms with Gasteiger partial charge in [0.2, 0.25) is 0 Å². The molecule has 23 heavy (non-hydrogen) atoms. The highest BCUT2D eigenvalue weighted by atomic mass is 35.5. The Labute approximate surface area is 135 Å². The summed E-state index contributed by atoms with van der Waals surface area (Å²) in [6, 6.07) is 2.14. The van der Waals surface area contributed by atoms with Crippen molar-refractivity contribution in [3.05, 3.63) is 55.8 Å². The lowest BCUT2D eigenvalue weighted by atomic mass is 10.2. The SMILES string of the molecule is O=C(O)c1cc(C(F)(F)F)cn1-c1c(Cl)cc([N+](=O)[O-])cc1Cl. The van der Waals surface area contributed by atoms with Crippen molar-refractivity contribution in [3.63, 3.8) is 0 Å². The van der Waals surface area contributed by atoms with Crippen molar-refractivity contribution in [2.24, 2.45) is 0 Å². The Kier molecular flexibility index (Phi) is 4.27. The molecule has 2 rings (SSSR count). The molecule has 0 saturated carbocycles. The van der Waals surface area contributed by atoms with Crippen LogP contribution in [0.4, 0.5) is 18.9 Å². The monoisotopic (exact) mass is 368 g/mol. The summed E-state index contributed by atoms with van der Waals surface area (Å²) in [5.41, 5.74) is -2.74. The smallest absolute Gasteiger partial charge is 0.417 e. The molecule has 0 unspecified atom stereocenters. The third-order valence-electron chi connectivity index (χ3n) is 2.82. The average molecular weight is 369 g/mol. The minimum Gasteiger partial charge on any atom is -0.477 e. The number of nitro groups is 1. The molecule has 1 N–H and O–H groups in total. The van der Waals surface area contributed by atoms with E-state index in [0.717, 1.165) is 12.1 Å². The molecule has 11 heteroatoms. The number of carboxylic acids is 1. The van der Waals surface area contributed by atoms with Crippen molar-refractivity contribution in [3.8, 4) is 5.69 Å². The van der Waals surface area contributed by atoms with Gasteiger partial charge in [0.05, 0.1) is 26.2 Å². The van der Waals surface area contributed by atoms with Crippen LogP contribution < -0.4 is 0 Å².